The second kappa shape index (κ2) is 8.76. The van der Waals surface area contributed by atoms with Gasteiger partial charge in [-0.15, -0.1) is 0 Å². The molecule has 0 spiro atoms. The molecule has 1 aliphatic carbocycles. The fourth-order valence-electron chi connectivity index (χ4n) is 3.96. The molecule has 0 bridgehead atoms. The summed E-state index contributed by atoms with van der Waals surface area (Å²) in [6.45, 7) is 0.335. The average molecular weight is 455 g/mol. The molecule has 0 unspecified atom stereocenters. The monoisotopic (exact) mass is 454 g/mol. The lowest BCUT2D eigenvalue weighted by atomic mass is 10.1. The summed E-state index contributed by atoms with van der Waals surface area (Å²) in [6.07, 6.45) is 4.57. The molecule has 0 aliphatic heterocycles. The molecule has 1 atom stereocenters. The smallest absolute Gasteiger partial charge is 0.270 e. The number of rotatable bonds is 5. The van der Waals surface area contributed by atoms with Crippen molar-refractivity contribution in [2.24, 2.45) is 0 Å². The summed E-state index contributed by atoms with van der Waals surface area (Å²) in [5.41, 5.74) is 3.89. The van der Waals surface area contributed by atoms with E-state index in [9.17, 15) is 9.59 Å². The Hall–Kier alpha value is -4.16. The molecule has 0 saturated heterocycles. The van der Waals surface area contributed by atoms with Crippen molar-refractivity contribution < 1.29 is 9.59 Å². The van der Waals surface area contributed by atoms with E-state index in [0.717, 1.165) is 39.6 Å². The molecule has 0 radical (unpaired) electrons. The normalized spacial score (nSPS) is 14.5. The van der Waals surface area contributed by atoms with Crippen LogP contribution < -0.4 is 10.6 Å². The highest BCUT2D eigenvalue weighted by Crippen LogP contribution is 2.31. The van der Waals surface area contributed by atoms with E-state index >= 15 is 0 Å². The van der Waals surface area contributed by atoms with E-state index in [4.69, 9.17) is 5.26 Å². The van der Waals surface area contributed by atoms with Crippen LogP contribution in [0.15, 0.2) is 55.0 Å². The van der Waals surface area contributed by atoms with Gasteiger partial charge in [-0.25, -0.2) is 9.97 Å². The van der Waals surface area contributed by atoms with Crippen molar-refractivity contribution in [2.45, 2.75) is 25.4 Å². The molecular formula is C24H18N6O2S. The Morgan fingerprint density at radius 2 is 1.94 bits per heavy atom. The predicted molar refractivity (Wildman–Crippen MR) is 123 cm³/mol. The summed E-state index contributed by atoms with van der Waals surface area (Å²) in [5, 5.41) is 15.9. The van der Waals surface area contributed by atoms with Crippen LogP contribution in [-0.4, -0.2) is 26.2 Å². The summed E-state index contributed by atoms with van der Waals surface area (Å²) in [6, 6.07) is 14.8. The molecule has 9 heteroatoms. The molecule has 0 fully saturated rings. The van der Waals surface area contributed by atoms with Crippen molar-refractivity contribution in [1.82, 2.24) is 25.0 Å². The molecule has 2 heterocycles. The first-order valence-electron chi connectivity index (χ1n) is 10.4. The zero-order chi connectivity index (χ0) is 22.8. The zero-order valence-corrected chi connectivity index (χ0v) is 18.2. The van der Waals surface area contributed by atoms with E-state index in [2.05, 4.69) is 31.0 Å². The van der Waals surface area contributed by atoms with Gasteiger partial charge in [-0.3, -0.25) is 9.59 Å². The largest absolute Gasteiger partial charge is 0.347 e. The van der Waals surface area contributed by atoms with E-state index in [1.165, 1.54) is 23.9 Å². The van der Waals surface area contributed by atoms with Crippen molar-refractivity contribution in [2.75, 3.05) is 0 Å². The molecule has 162 valence electrons. The first-order valence-corrected chi connectivity index (χ1v) is 11.2. The Kier molecular flexibility index (Phi) is 5.50. The number of amides is 2. The topological polar surface area (TPSA) is 121 Å². The minimum absolute atomic E-state index is 0.125. The van der Waals surface area contributed by atoms with E-state index in [0.29, 0.717) is 12.1 Å². The maximum absolute atomic E-state index is 12.8. The quantitative estimate of drug-likeness (QED) is 0.477. The minimum atomic E-state index is -0.383. The number of fused-ring (bicyclic) bond motifs is 2. The van der Waals surface area contributed by atoms with E-state index in [1.54, 1.807) is 6.07 Å². The van der Waals surface area contributed by atoms with Gasteiger partial charge in [-0.05, 0) is 59.3 Å². The number of nitrogens with one attached hydrogen (secondary N) is 2. The van der Waals surface area contributed by atoms with E-state index in [-0.39, 0.29) is 29.2 Å². The molecule has 2 amide bonds. The second-order valence-corrected chi connectivity index (χ2v) is 8.59. The molecule has 0 saturated carbocycles. The van der Waals surface area contributed by atoms with E-state index in [1.807, 2.05) is 36.5 Å². The number of benzene rings is 2. The molecular weight excluding hydrogens is 436 g/mol. The Balaban J connectivity index is 1.24. The number of nitriles is 1. The second-order valence-electron chi connectivity index (χ2n) is 7.76. The van der Waals surface area contributed by atoms with Crippen LogP contribution in [0.2, 0.25) is 0 Å². The van der Waals surface area contributed by atoms with Gasteiger partial charge in [0.2, 0.25) is 0 Å². The molecule has 4 aromatic rings. The lowest BCUT2D eigenvalue weighted by molar-refractivity contribution is 0.0931. The van der Waals surface area contributed by atoms with Crippen LogP contribution in [0.5, 0.6) is 0 Å². The van der Waals surface area contributed by atoms with Crippen LogP contribution in [0, 0.1) is 11.3 Å². The van der Waals surface area contributed by atoms with Gasteiger partial charge in [0.05, 0.1) is 22.4 Å². The number of aryl methyl sites for hydroxylation is 1. The Labute approximate surface area is 193 Å². The number of carbonyl (C=O) groups is 2. The minimum Gasteiger partial charge on any atom is -0.347 e. The molecule has 33 heavy (non-hydrogen) atoms. The summed E-state index contributed by atoms with van der Waals surface area (Å²) >= 11 is 1.41. The van der Waals surface area contributed by atoms with Crippen LogP contribution >= 0.6 is 11.5 Å². The van der Waals surface area contributed by atoms with Gasteiger partial charge < -0.3 is 10.6 Å². The highest BCUT2D eigenvalue weighted by molar-refractivity contribution is 7.13. The summed E-state index contributed by atoms with van der Waals surface area (Å²) in [5.74, 6) is -0.754. The molecule has 2 aromatic carbocycles. The maximum Gasteiger partial charge on any atom is 0.270 e. The highest BCUT2D eigenvalue weighted by Gasteiger charge is 2.25. The lowest BCUT2D eigenvalue weighted by Gasteiger charge is -2.14. The van der Waals surface area contributed by atoms with Crippen LogP contribution in [0.1, 0.15) is 55.7 Å². The van der Waals surface area contributed by atoms with Gasteiger partial charge in [0, 0.05) is 24.2 Å². The number of carbonyl (C=O) groups excluding carboxylic acids is 2. The fraction of sp³-hybridized carbons (Fsp3) is 0.167. The van der Waals surface area contributed by atoms with Crippen molar-refractivity contribution >= 4 is 33.4 Å². The summed E-state index contributed by atoms with van der Waals surface area (Å²) in [4.78, 5) is 33.5. The van der Waals surface area contributed by atoms with Crippen molar-refractivity contribution in [3.05, 3.63) is 88.6 Å². The standard InChI is InChI=1S/C24H18N6O2S/c25-10-14-2-5-18-16(7-14)4-6-19(18)30-24(32)21-9-20(27-13-28-21)23(31)26-11-15-1-3-17-12-29-33-22(17)8-15/h1-3,5,7-9,12-13,19H,4,6,11H2,(H,26,31)(H,30,32)/t19-/m1/s1. The Morgan fingerprint density at radius 3 is 2.79 bits per heavy atom. The van der Waals surface area contributed by atoms with Crippen LogP contribution in [0.4, 0.5) is 0 Å². The van der Waals surface area contributed by atoms with Crippen molar-refractivity contribution in [3.8, 4) is 6.07 Å². The maximum atomic E-state index is 12.8. The van der Waals surface area contributed by atoms with Crippen LogP contribution in [0.25, 0.3) is 10.1 Å². The SMILES string of the molecule is N#Cc1ccc2c(c1)CC[C@H]2NC(=O)c1cc(C(=O)NCc2ccc3cnsc3c2)ncn1. The molecule has 1 aliphatic rings. The molecule has 2 aromatic heterocycles. The van der Waals surface area contributed by atoms with Gasteiger partial charge >= 0.3 is 0 Å². The van der Waals surface area contributed by atoms with Gasteiger partial charge in [-0.1, -0.05) is 18.2 Å². The molecule has 8 nitrogen and oxygen atoms in total. The van der Waals surface area contributed by atoms with Crippen molar-refractivity contribution in [3.63, 3.8) is 0 Å². The third-order valence-corrected chi connectivity index (χ3v) is 6.42. The highest BCUT2D eigenvalue weighted by atomic mass is 32.1. The first-order chi connectivity index (χ1) is 16.1. The number of nitrogens with zero attached hydrogens (tertiary/aromatic N) is 4. The third-order valence-electron chi connectivity index (χ3n) is 5.66. The van der Waals surface area contributed by atoms with Gasteiger partial charge in [0.25, 0.3) is 11.8 Å². The number of aromatic nitrogens is 3. The Morgan fingerprint density at radius 1 is 1.09 bits per heavy atom. The molecule has 2 N–H and O–H groups in total. The fourth-order valence-corrected chi connectivity index (χ4v) is 4.67. The van der Waals surface area contributed by atoms with Crippen LogP contribution in [-0.2, 0) is 13.0 Å². The Bertz CT molecular complexity index is 1420. The lowest BCUT2D eigenvalue weighted by Crippen LogP contribution is -2.29. The van der Waals surface area contributed by atoms with Gasteiger partial charge in [0.15, 0.2) is 0 Å². The number of hydrogen-bond acceptors (Lipinski definition) is 7. The van der Waals surface area contributed by atoms with Gasteiger partial charge in [-0.2, -0.15) is 9.64 Å². The van der Waals surface area contributed by atoms with Crippen molar-refractivity contribution in [1.29, 1.82) is 5.26 Å². The van der Waals surface area contributed by atoms with E-state index < -0.39 is 0 Å². The zero-order valence-electron chi connectivity index (χ0n) is 17.4. The van der Waals surface area contributed by atoms with Gasteiger partial charge in [0.1, 0.15) is 17.7 Å². The third kappa shape index (κ3) is 4.29. The predicted octanol–water partition coefficient (Wildman–Crippen LogP) is 3.31. The number of hydrogen-bond donors (Lipinski definition) is 2. The average Bonchev–Trinajstić information content (AvgIpc) is 3.48. The first kappa shape index (κ1) is 20.7. The van der Waals surface area contributed by atoms with Crippen LogP contribution in [0.3, 0.4) is 0 Å². The summed E-state index contributed by atoms with van der Waals surface area (Å²) < 4.78 is 5.21. The molecule has 5 rings (SSSR count). The summed E-state index contributed by atoms with van der Waals surface area (Å²) in [7, 11) is 0.